The second-order valence-electron chi connectivity index (χ2n) is 5.23. The van der Waals surface area contributed by atoms with E-state index in [0.717, 1.165) is 6.42 Å². The average Bonchev–Trinajstić information content (AvgIpc) is 2.85. The number of hydrogen-bond acceptors (Lipinski definition) is 4. The summed E-state index contributed by atoms with van der Waals surface area (Å²) in [6, 6.07) is 5.22. The van der Waals surface area contributed by atoms with E-state index in [1.807, 2.05) is 0 Å². The lowest BCUT2D eigenvalue weighted by molar-refractivity contribution is -0.122. The summed E-state index contributed by atoms with van der Waals surface area (Å²) in [5.41, 5.74) is 6.86. The lowest BCUT2D eigenvalue weighted by Crippen LogP contribution is -2.37. The Morgan fingerprint density at radius 1 is 1.50 bits per heavy atom. The first-order valence-corrected chi connectivity index (χ1v) is 6.71. The van der Waals surface area contributed by atoms with Crippen LogP contribution in [0.3, 0.4) is 0 Å². The Bertz CT molecular complexity index is 573. The first-order valence-electron chi connectivity index (χ1n) is 6.71. The number of likely N-dealkylation sites (tertiary alicyclic amines) is 1. The Hall–Kier alpha value is -2.08. The molecule has 0 aromatic heterocycles. The summed E-state index contributed by atoms with van der Waals surface area (Å²) < 4.78 is 5.59. The van der Waals surface area contributed by atoms with Gasteiger partial charge in [-0.05, 0) is 25.5 Å². The molecule has 2 aliphatic rings. The Kier molecular flexibility index (Phi) is 3.10. The third-order valence-corrected chi connectivity index (χ3v) is 3.68. The van der Waals surface area contributed by atoms with Gasteiger partial charge >= 0.3 is 0 Å². The molecule has 20 heavy (non-hydrogen) atoms. The number of nitrogens with one attached hydrogen (secondary N) is 1. The van der Waals surface area contributed by atoms with Crippen LogP contribution in [0.4, 0.5) is 5.69 Å². The topological polar surface area (TPSA) is 84.7 Å². The highest BCUT2D eigenvalue weighted by atomic mass is 16.5. The number of benzene rings is 1. The SMILES string of the molecule is CC1Oc2c(cccc2C(=O)N2CC[C@@H](N)C2)NC1=O. The molecule has 2 heterocycles. The fourth-order valence-electron chi connectivity index (χ4n) is 2.54. The first-order chi connectivity index (χ1) is 9.56. The van der Waals surface area contributed by atoms with E-state index in [4.69, 9.17) is 10.5 Å². The van der Waals surface area contributed by atoms with Crippen molar-refractivity contribution in [1.29, 1.82) is 0 Å². The number of carbonyl (C=O) groups is 2. The van der Waals surface area contributed by atoms with Crippen LogP contribution in [0.5, 0.6) is 5.75 Å². The van der Waals surface area contributed by atoms with Crippen LogP contribution in [0.2, 0.25) is 0 Å². The molecular formula is C14H17N3O3. The zero-order chi connectivity index (χ0) is 14.3. The zero-order valence-corrected chi connectivity index (χ0v) is 11.3. The number of rotatable bonds is 1. The second kappa shape index (κ2) is 4.79. The van der Waals surface area contributed by atoms with Gasteiger partial charge in [-0.1, -0.05) is 6.07 Å². The number of ether oxygens (including phenoxy) is 1. The number of para-hydroxylation sites is 1. The molecular weight excluding hydrogens is 258 g/mol. The monoisotopic (exact) mass is 275 g/mol. The molecule has 6 heteroatoms. The normalized spacial score (nSPS) is 24.9. The van der Waals surface area contributed by atoms with Crippen molar-refractivity contribution >= 4 is 17.5 Å². The van der Waals surface area contributed by atoms with Gasteiger partial charge in [-0.15, -0.1) is 0 Å². The molecule has 6 nitrogen and oxygen atoms in total. The molecule has 0 spiro atoms. The summed E-state index contributed by atoms with van der Waals surface area (Å²) >= 11 is 0. The molecule has 0 bridgehead atoms. The van der Waals surface area contributed by atoms with Crippen molar-refractivity contribution in [3.63, 3.8) is 0 Å². The van der Waals surface area contributed by atoms with E-state index in [1.54, 1.807) is 30.0 Å². The summed E-state index contributed by atoms with van der Waals surface area (Å²) in [5.74, 6) is 0.147. The quantitative estimate of drug-likeness (QED) is 0.785. The molecule has 1 fully saturated rings. The highest BCUT2D eigenvalue weighted by Crippen LogP contribution is 2.34. The van der Waals surface area contributed by atoms with Crippen LogP contribution in [0, 0.1) is 0 Å². The van der Waals surface area contributed by atoms with E-state index in [1.165, 1.54) is 0 Å². The minimum Gasteiger partial charge on any atom is -0.478 e. The van der Waals surface area contributed by atoms with Crippen molar-refractivity contribution in [1.82, 2.24) is 4.90 Å². The number of nitrogens with two attached hydrogens (primary N) is 1. The minimum atomic E-state index is -0.600. The van der Waals surface area contributed by atoms with Gasteiger partial charge in [0, 0.05) is 19.1 Å². The maximum Gasteiger partial charge on any atom is 0.265 e. The Morgan fingerprint density at radius 2 is 2.30 bits per heavy atom. The van der Waals surface area contributed by atoms with Gasteiger partial charge in [-0.2, -0.15) is 0 Å². The highest BCUT2D eigenvalue weighted by Gasteiger charge is 2.31. The lowest BCUT2D eigenvalue weighted by atomic mass is 10.1. The Morgan fingerprint density at radius 3 is 3.00 bits per heavy atom. The summed E-state index contributed by atoms with van der Waals surface area (Å²) in [7, 11) is 0. The summed E-state index contributed by atoms with van der Waals surface area (Å²) in [6.45, 7) is 2.88. The fourth-order valence-corrected chi connectivity index (χ4v) is 2.54. The minimum absolute atomic E-state index is 0.0398. The van der Waals surface area contributed by atoms with Crippen LogP contribution in [-0.2, 0) is 4.79 Å². The summed E-state index contributed by atoms with van der Waals surface area (Å²) in [5, 5.41) is 2.74. The summed E-state index contributed by atoms with van der Waals surface area (Å²) in [4.78, 5) is 25.8. The summed E-state index contributed by atoms with van der Waals surface area (Å²) in [6.07, 6.45) is 0.215. The van der Waals surface area contributed by atoms with Gasteiger partial charge in [0.15, 0.2) is 11.9 Å². The van der Waals surface area contributed by atoms with Crippen LogP contribution in [0.15, 0.2) is 18.2 Å². The molecule has 0 saturated carbocycles. The standard InChI is InChI=1S/C14H17N3O3/c1-8-13(18)16-11-4-2-3-10(12(11)20-8)14(19)17-6-5-9(15)7-17/h2-4,8-9H,5-7,15H2,1H3,(H,16,18)/t8?,9-/m1/s1. The van der Waals surface area contributed by atoms with Crippen molar-refractivity contribution in [2.45, 2.75) is 25.5 Å². The van der Waals surface area contributed by atoms with Crippen LogP contribution in [0.1, 0.15) is 23.7 Å². The van der Waals surface area contributed by atoms with Gasteiger partial charge in [0.1, 0.15) is 0 Å². The third-order valence-electron chi connectivity index (χ3n) is 3.68. The lowest BCUT2D eigenvalue weighted by Gasteiger charge is -2.26. The van der Waals surface area contributed by atoms with E-state index >= 15 is 0 Å². The van der Waals surface area contributed by atoms with Crippen LogP contribution in [0.25, 0.3) is 0 Å². The van der Waals surface area contributed by atoms with Crippen LogP contribution < -0.4 is 15.8 Å². The largest absolute Gasteiger partial charge is 0.478 e. The molecule has 1 saturated heterocycles. The molecule has 3 N–H and O–H groups in total. The maximum atomic E-state index is 12.5. The number of fused-ring (bicyclic) bond motifs is 1. The molecule has 2 aliphatic heterocycles. The van der Waals surface area contributed by atoms with Gasteiger partial charge in [0.05, 0.1) is 11.3 Å². The predicted octanol–water partition coefficient (Wildman–Crippen LogP) is 0.579. The van der Waals surface area contributed by atoms with E-state index in [2.05, 4.69) is 5.32 Å². The first kappa shape index (κ1) is 12.9. The number of nitrogens with zero attached hydrogens (tertiary/aromatic N) is 1. The molecule has 1 aromatic carbocycles. The fraction of sp³-hybridized carbons (Fsp3) is 0.429. The molecule has 2 amide bonds. The van der Waals surface area contributed by atoms with Crippen LogP contribution in [-0.4, -0.2) is 41.9 Å². The van der Waals surface area contributed by atoms with E-state index in [9.17, 15) is 9.59 Å². The van der Waals surface area contributed by atoms with E-state index in [-0.39, 0.29) is 17.9 Å². The van der Waals surface area contributed by atoms with Crippen molar-refractivity contribution in [2.75, 3.05) is 18.4 Å². The molecule has 1 unspecified atom stereocenters. The van der Waals surface area contributed by atoms with Gasteiger partial charge in [-0.3, -0.25) is 9.59 Å². The number of anilines is 1. The molecule has 106 valence electrons. The zero-order valence-electron chi connectivity index (χ0n) is 11.3. The third kappa shape index (κ3) is 2.12. The van der Waals surface area contributed by atoms with Gasteiger partial charge in [0.2, 0.25) is 0 Å². The van der Waals surface area contributed by atoms with Crippen molar-refractivity contribution in [3.8, 4) is 5.75 Å². The van der Waals surface area contributed by atoms with E-state index < -0.39 is 6.10 Å². The number of hydrogen-bond donors (Lipinski definition) is 2. The highest BCUT2D eigenvalue weighted by molar-refractivity contribution is 6.04. The van der Waals surface area contributed by atoms with Gasteiger partial charge < -0.3 is 20.7 Å². The Labute approximate surface area is 116 Å². The van der Waals surface area contributed by atoms with Crippen LogP contribution >= 0.6 is 0 Å². The smallest absolute Gasteiger partial charge is 0.265 e. The average molecular weight is 275 g/mol. The predicted molar refractivity (Wildman–Crippen MR) is 73.7 cm³/mol. The molecule has 1 aromatic rings. The second-order valence-corrected chi connectivity index (χ2v) is 5.23. The van der Waals surface area contributed by atoms with Gasteiger partial charge in [-0.25, -0.2) is 0 Å². The molecule has 0 aliphatic carbocycles. The van der Waals surface area contributed by atoms with E-state index in [0.29, 0.717) is 30.1 Å². The maximum absolute atomic E-state index is 12.5. The van der Waals surface area contributed by atoms with Crippen molar-refractivity contribution < 1.29 is 14.3 Å². The van der Waals surface area contributed by atoms with Crippen molar-refractivity contribution in [2.24, 2.45) is 5.73 Å². The Balaban J connectivity index is 1.93. The molecule has 3 rings (SSSR count). The molecule has 0 radical (unpaired) electrons. The van der Waals surface area contributed by atoms with Gasteiger partial charge in [0.25, 0.3) is 11.8 Å². The van der Waals surface area contributed by atoms with Crippen molar-refractivity contribution in [3.05, 3.63) is 23.8 Å². The number of amides is 2. The molecule has 2 atom stereocenters. The number of carbonyl (C=O) groups excluding carboxylic acids is 2.